The Balaban J connectivity index is 2.47. The van der Waals surface area contributed by atoms with Gasteiger partial charge in [-0.15, -0.1) is 5.10 Å². The van der Waals surface area contributed by atoms with Gasteiger partial charge in [-0.3, -0.25) is 4.90 Å². The topological polar surface area (TPSA) is 53.9 Å². The third-order valence-corrected chi connectivity index (χ3v) is 3.07. The van der Waals surface area contributed by atoms with Gasteiger partial charge in [0.1, 0.15) is 0 Å². The van der Waals surface area contributed by atoms with Crippen molar-refractivity contribution < 1.29 is 0 Å². The van der Waals surface area contributed by atoms with Crippen molar-refractivity contribution in [3.8, 4) is 0 Å². The summed E-state index contributed by atoms with van der Waals surface area (Å²) in [5.74, 6) is 0.616. The molecule has 1 aromatic rings. The molecule has 1 aromatic heterocycles. The molecule has 0 radical (unpaired) electrons. The van der Waals surface area contributed by atoms with E-state index in [4.69, 9.17) is 0 Å². The molecule has 0 atom stereocenters. The predicted molar refractivity (Wildman–Crippen MR) is 74.8 cm³/mol. The van der Waals surface area contributed by atoms with E-state index < -0.39 is 0 Å². The molecule has 0 saturated heterocycles. The molecule has 0 fully saturated rings. The summed E-state index contributed by atoms with van der Waals surface area (Å²) in [5, 5.41) is 11.3. The van der Waals surface area contributed by atoms with Crippen LogP contribution in [0.4, 0.5) is 5.95 Å². The van der Waals surface area contributed by atoms with Gasteiger partial charge in [-0.05, 0) is 41.5 Å². The first-order valence-electron chi connectivity index (χ1n) is 6.59. The maximum Gasteiger partial charge on any atom is 0.243 e. The van der Waals surface area contributed by atoms with Crippen LogP contribution in [0.15, 0.2) is 0 Å². The van der Waals surface area contributed by atoms with E-state index in [0.717, 1.165) is 24.5 Å². The number of aromatic nitrogens is 3. The van der Waals surface area contributed by atoms with Gasteiger partial charge in [-0.2, -0.15) is 5.10 Å². The van der Waals surface area contributed by atoms with Crippen LogP contribution in [0.25, 0.3) is 0 Å². The van der Waals surface area contributed by atoms with Crippen molar-refractivity contribution in [1.82, 2.24) is 20.1 Å². The molecule has 5 heteroatoms. The number of nitrogens with one attached hydrogen (secondary N) is 1. The van der Waals surface area contributed by atoms with E-state index in [1.165, 1.54) is 0 Å². The van der Waals surface area contributed by atoms with E-state index in [2.05, 4.69) is 53.1 Å². The summed E-state index contributed by atoms with van der Waals surface area (Å²) in [4.78, 5) is 6.79. The Hall–Kier alpha value is -1.23. The van der Waals surface area contributed by atoms with Crippen LogP contribution in [0.2, 0.25) is 0 Å². The molecule has 0 unspecified atom stereocenters. The Morgan fingerprint density at radius 3 is 2.11 bits per heavy atom. The lowest BCUT2D eigenvalue weighted by molar-refractivity contribution is 0.182. The molecular formula is C13H25N5. The van der Waals surface area contributed by atoms with Gasteiger partial charge < -0.3 is 5.32 Å². The summed E-state index contributed by atoms with van der Waals surface area (Å²) in [6.07, 6.45) is 0. The van der Waals surface area contributed by atoms with Gasteiger partial charge in [0.15, 0.2) is 0 Å². The monoisotopic (exact) mass is 251 g/mol. The van der Waals surface area contributed by atoms with Gasteiger partial charge in [0.05, 0.1) is 11.4 Å². The van der Waals surface area contributed by atoms with Crippen molar-refractivity contribution in [1.29, 1.82) is 0 Å². The second-order valence-corrected chi connectivity index (χ2v) is 5.16. The Labute approximate surface area is 110 Å². The second kappa shape index (κ2) is 6.64. The molecule has 0 aromatic carbocycles. The molecule has 0 aliphatic carbocycles. The van der Waals surface area contributed by atoms with Gasteiger partial charge in [-0.25, -0.2) is 4.98 Å². The van der Waals surface area contributed by atoms with Crippen molar-refractivity contribution in [2.45, 2.75) is 53.6 Å². The van der Waals surface area contributed by atoms with Gasteiger partial charge in [0.2, 0.25) is 5.95 Å². The normalized spacial score (nSPS) is 11.6. The van der Waals surface area contributed by atoms with E-state index in [0.29, 0.717) is 18.0 Å². The zero-order chi connectivity index (χ0) is 13.7. The Kier molecular flexibility index (Phi) is 5.47. The zero-order valence-electron chi connectivity index (χ0n) is 12.4. The summed E-state index contributed by atoms with van der Waals surface area (Å²) in [7, 11) is 0. The molecule has 1 heterocycles. The first kappa shape index (κ1) is 14.8. The summed E-state index contributed by atoms with van der Waals surface area (Å²) >= 11 is 0. The molecule has 1 N–H and O–H groups in total. The lowest BCUT2D eigenvalue weighted by Crippen LogP contribution is -2.40. The number of rotatable bonds is 6. The highest BCUT2D eigenvalue weighted by Gasteiger charge is 2.12. The fourth-order valence-corrected chi connectivity index (χ4v) is 1.94. The van der Waals surface area contributed by atoms with Crippen molar-refractivity contribution in [2.75, 3.05) is 18.4 Å². The first-order chi connectivity index (χ1) is 8.41. The van der Waals surface area contributed by atoms with Gasteiger partial charge >= 0.3 is 0 Å². The van der Waals surface area contributed by atoms with E-state index in [-0.39, 0.29) is 0 Å². The SMILES string of the molecule is Cc1nnc(NCCN(C(C)C)C(C)C)nc1C. The van der Waals surface area contributed by atoms with Crippen LogP contribution < -0.4 is 5.32 Å². The van der Waals surface area contributed by atoms with Crippen molar-refractivity contribution in [3.63, 3.8) is 0 Å². The highest BCUT2D eigenvalue weighted by Crippen LogP contribution is 2.05. The van der Waals surface area contributed by atoms with E-state index >= 15 is 0 Å². The molecule has 0 spiro atoms. The molecular weight excluding hydrogens is 226 g/mol. The quantitative estimate of drug-likeness (QED) is 0.838. The number of aryl methyl sites for hydroxylation is 2. The lowest BCUT2D eigenvalue weighted by atomic mass is 10.2. The van der Waals surface area contributed by atoms with E-state index in [9.17, 15) is 0 Å². The van der Waals surface area contributed by atoms with Crippen LogP contribution in [0.3, 0.4) is 0 Å². The third kappa shape index (κ3) is 4.22. The molecule has 18 heavy (non-hydrogen) atoms. The zero-order valence-corrected chi connectivity index (χ0v) is 12.4. The maximum absolute atomic E-state index is 4.36. The van der Waals surface area contributed by atoms with Crippen molar-refractivity contribution >= 4 is 5.95 Å². The van der Waals surface area contributed by atoms with Crippen LogP contribution in [0.1, 0.15) is 39.1 Å². The summed E-state index contributed by atoms with van der Waals surface area (Å²) in [6.45, 7) is 14.5. The molecule has 0 aliphatic heterocycles. The molecule has 5 nitrogen and oxygen atoms in total. The summed E-state index contributed by atoms with van der Waals surface area (Å²) < 4.78 is 0. The molecule has 0 amide bonds. The fraction of sp³-hybridized carbons (Fsp3) is 0.769. The largest absolute Gasteiger partial charge is 0.352 e. The first-order valence-corrected chi connectivity index (χ1v) is 6.59. The molecule has 0 bridgehead atoms. The average molecular weight is 251 g/mol. The average Bonchev–Trinajstić information content (AvgIpc) is 2.28. The Morgan fingerprint density at radius 2 is 1.61 bits per heavy atom. The number of hydrogen-bond donors (Lipinski definition) is 1. The maximum atomic E-state index is 4.36. The fourth-order valence-electron chi connectivity index (χ4n) is 1.94. The minimum Gasteiger partial charge on any atom is -0.352 e. The van der Waals surface area contributed by atoms with E-state index in [1.807, 2.05) is 13.8 Å². The molecule has 0 saturated carbocycles. The summed E-state index contributed by atoms with van der Waals surface area (Å²) in [5.41, 5.74) is 1.81. The van der Waals surface area contributed by atoms with Crippen LogP contribution >= 0.6 is 0 Å². The molecule has 0 aliphatic rings. The highest BCUT2D eigenvalue weighted by atomic mass is 15.3. The summed E-state index contributed by atoms with van der Waals surface area (Å²) in [6, 6.07) is 1.09. The van der Waals surface area contributed by atoms with E-state index in [1.54, 1.807) is 0 Å². The minimum atomic E-state index is 0.547. The Morgan fingerprint density at radius 1 is 1.00 bits per heavy atom. The van der Waals surface area contributed by atoms with Crippen LogP contribution in [-0.4, -0.2) is 45.3 Å². The second-order valence-electron chi connectivity index (χ2n) is 5.16. The van der Waals surface area contributed by atoms with Gasteiger partial charge in [0, 0.05) is 25.2 Å². The highest BCUT2D eigenvalue weighted by molar-refractivity contribution is 5.24. The minimum absolute atomic E-state index is 0.547. The lowest BCUT2D eigenvalue weighted by Gasteiger charge is -2.30. The Bertz CT molecular complexity index is 368. The third-order valence-electron chi connectivity index (χ3n) is 3.07. The smallest absolute Gasteiger partial charge is 0.243 e. The van der Waals surface area contributed by atoms with Gasteiger partial charge in [0.25, 0.3) is 0 Å². The number of nitrogens with zero attached hydrogens (tertiary/aromatic N) is 4. The van der Waals surface area contributed by atoms with Gasteiger partial charge in [-0.1, -0.05) is 0 Å². The number of anilines is 1. The van der Waals surface area contributed by atoms with Crippen LogP contribution in [0.5, 0.6) is 0 Å². The molecule has 102 valence electrons. The molecule has 1 rings (SSSR count). The number of hydrogen-bond acceptors (Lipinski definition) is 5. The van der Waals surface area contributed by atoms with Crippen molar-refractivity contribution in [3.05, 3.63) is 11.4 Å². The predicted octanol–water partition coefficient (Wildman–Crippen LogP) is 2.02. The van der Waals surface area contributed by atoms with Crippen molar-refractivity contribution in [2.24, 2.45) is 0 Å². The van der Waals surface area contributed by atoms with Crippen LogP contribution in [-0.2, 0) is 0 Å². The standard InChI is InChI=1S/C13H25N5/c1-9(2)18(10(3)4)8-7-14-13-15-11(5)12(6)16-17-13/h9-10H,7-8H2,1-6H3,(H,14,15,17). The van der Waals surface area contributed by atoms with Crippen LogP contribution in [0, 0.1) is 13.8 Å².